The average Bonchev–Trinajstić information content (AvgIpc) is 3.12. The summed E-state index contributed by atoms with van der Waals surface area (Å²) in [5.74, 6) is -0.196. The Hall–Kier alpha value is -4.35. The van der Waals surface area contributed by atoms with Crippen molar-refractivity contribution in [1.29, 1.82) is 0 Å². The normalized spacial score (nSPS) is 14.0. The summed E-state index contributed by atoms with van der Waals surface area (Å²) in [5.41, 5.74) is 1.79. The molecule has 9 nitrogen and oxygen atoms in total. The fourth-order valence-electron chi connectivity index (χ4n) is 6.15. The zero-order valence-corrected chi connectivity index (χ0v) is 30.2. The Morgan fingerprint density at radius 1 is 0.837 bits per heavy atom. The second kappa shape index (κ2) is 16.8. The van der Waals surface area contributed by atoms with E-state index < -0.39 is 28.5 Å². The van der Waals surface area contributed by atoms with Gasteiger partial charge in [-0.15, -0.1) is 0 Å². The van der Waals surface area contributed by atoms with E-state index in [1.54, 1.807) is 30.3 Å². The Morgan fingerprint density at radius 3 is 2.16 bits per heavy atom. The van der Waals surface area contributed by atoms with Gasteiger partial charge in [-0.05, 0) is 60.4 Å². The van der Waals surface area contributed by atoms with Crippen LogP contribution in [0.5, 0.6) is 11.5 Å². The van der Waals surface area contributed by atoms with Crippen molar-refractivity contribution in [2.45, 2.75) is 62.0 Å². The second-order valence-corrected chi connectivity index (χ2v) is 14.8. The van der Waals surface area contributed by atoms with Crippen molar-refractivity contribution in [3.8, 4) is 11.5 Å². The molecule has 0 bridgehead atoms. The van der Waals surface area contributed by atoms with Crippen LogP contribution in [0.15, 0.2) is 112 Å². The highest BCUT2D eigenvalue weighted by molar-refractivity contribution is 9.10. The Labute approximate surface area is 297 Å². The van der Waals surface area contributed by atoms with Gasteiger partial charge in [0.1, 0.15) is 24.1 Å². The van der Waals surface area contributed by atoms with Crippen LogP contribution in [0.1, 0.15) is 43.2 Å². The maximum absolute atomic E-state index is 14.8. The van der Waals surface area contributed by atoms with Gasteiger partial charge in [0.25, 0.3) is 10.0 Å². The summed E-state index contributed by atoms with van der Waals surface area (Å²) in [7, 11) is -1.39. The van der Waals surface area contributed by atoms with Gasteiger partial charge in [0.2, 0.25) is 11.8 Å². The number of benzene rings is 4. The van der Waals surface area contributed by atoms with E-state index >= 15 is 0 Å². The largest absolute Gasteiger partial charge is 0.497 e. The van der Waals surface area contributed by atoms with Gasteiger partial charge in [-0.25, -0.2) is 8.42 Å². The number of nitrogens with one attached hydrogen (secondary N) is 1. The van der Waals surface area contributed by atoms with Crippen molar-refractivity contribution < 1.29 is 27.5 Å². The minimum atomic E-state index is -4.31. The molecule has 1 fully saturated rings. The number of halogens is 1. The number of ether oxygens (including phenoxy) is 2. The molecule has 5 rings (SSSR count). The number of carbonyl (C=O) groups excluding carboxylic acids is 2. The standard InChI is InChI=1S/C38H42BrN3O6S/c1-47-32-21-22-36(48-2)34(25-32)42(49(45,46)33-19-10-5-11-20-33)27-37(43)41(26-29-15-12-16-30(39)23-29)35(24-28-13-6-3-7-14-28)38(44)40-31-17-8-4-9-18-31/h3,5-7,10-16,19-23,25,31,35H,4,8-9,17-18,24,26-27H2,1-2H3,(H,40,44)/t35-/m1/s1. The van der Waals surface area contributed by atoms with Crippen molar-refractivity contribution >= 4 is 43.5 Å². The number of nitrogens with zero attached hydrogens (tertiary/aromatic N) is 2. The van der Waals surface area contributed by atoms with Crippen LogP contribution in [0.4, 0.5) is 5.69 Å². The summed E-state index contributed by atoms with van der Waals surface area (Å²) in [6.07, 6.45) is 5.19. The van der Waals surface area contributed by atoms with E-state index in [2.05, 4.69) is 21.2 Å². The molecule has 0 radical (unpaired) electrons. The molecule has 1 aliphatic carbocycles. The summed E-state index contributed by atoms with van der Waals surface area (Å²) in [6, 6.07) is 28.9. The van der Waals surface area contributed by atoms with E-state index in [4.69, 9.17) is 9.47 Å². The zero-order valence-electron chi connectivity index (χ0n) is 27.8. The first-order valence-electron chi connectivity index (χ1n) is 16.4. The maximum atomic E-state index is 14.8. The van der Waals surface area contributed by atoms with E-state index in [1.165, 1.54) is 37.3 Å². The zero-order chi connectivity index (χ0) is 34.8. The monoisotopic (exact) mass is 747 g/mol. The first kappa shape index (κ1) is 35.9. The summed E-state index contributed by atoms with van der Waals surface area (Å²) in [5, 5.41) is 3.24. The van der Waals surface area contributed by atoms with Gasteiger partial charge in [0.15, 0.2) is 0 Å². The van der Waals surface area contributed by atoms with Crippen molar-refractivity contribution in [3.05, 3.63) is 119 Å². The highest BCUT2D eigenvalue weighted by atomic mass is 79.9. The van der Waals surface area contributed by atoms with Crippen molar-refractivity contribution in [1.82, 2.24) is 10.2 Å². The lowest BCUT2D eigenvalue weighted by molar-refractivity contribution is -0.140. The molecule has 0 saturated heterocycles. The molecule has 0 spiro atoms. The van der Waals surface area contributed by atoms with Gasteiger partial charge in [-0.3, -0.25) is 13.9 Å². The lowest BCUT2D eigenvalue weighted by Gasteiger charge is -2.35. The van der Waals surface area contributed by atoms with Crippen molar-refractivity contribution in [2.75, 3.05) is 25.1 Å². The predicted molar refractivity (Wildman–Crippen MR) is 194 cm³/mol. The third-order valence-electron chi connectivity index (χ3n) is 8.73. The molecular weight excluding hydrogens is 706 g/mol. The molecule has 1 atom stereocenters. The molecule has 0 heterocycles. The van der Waals surface area contributed by atoms with Crippen LogP contribution in [-0.2, 0) is 32.6 Å². The molecule has 0 unspecified atom stereocenters. The number of rotatable bonds is 14. The Balaban J connectivity index is 1.61. The van der Waals surface area contributed by atoms with Crippen LogP contribution in [0.25, 0.3) is 0 Å². The van der Waals surface area contributed by atoms with Gasteiger partial charge < -0.3 is 19.7 Å². The smallest absolute Gasteiger partial charge is 0.264 e. The van der Waals surface area contributed by atoms with Crippen LogP contribution in [-0.4, -0.2) is 58.0 Å². The summed E-state index contributed by atoms with van der Waals surface area (Å²) >= 11 is 3.53. The Bertz CT molecular complexity index is 1820. The maximum Gasteiger partial charge on any atom is 0.264 e. The third-order valence-corrected chi connectivity index (χ3v) is 11.0. The predicted octanol–water partition coefficient (Wildman–Crippen LogP) is 6.75. The van der Waals surface area contributed by atoms with Crippen molar-refractivity contribution in [2.24, 2.45) is 0 Å². The van der Waals surface area contributed by atoms with E-state index in [0.717, 1.165) is 52.0 Å². The van der Waals surface area contributed by atoms with Crippen LogP contribution < -0.4 is 19.1 Å². The quantitative estimate of drug-likeness (QED) is 0.153. The molecule has 4 aromatic carbocycles. The molecule has 2 amide bonds. The first-order chi connectivity index (χ1) is 23.7. The average molecular weight is 749 g/mol. The molecule has 49 heavy (non-hydrogen) atoms. The summed E-state index contributed by atoms with van der Waals surface area (Å²) < 4.78 is 41.7. The summed E-state index contributed by atoms with van der Waals surface area (Å²) in [6.45, 7) is -0.529. The molecule has 1 saturated carbocycles. The number of hydrogen-bond acceptors (Lipinski definition) is 6. The van der Waals surface area contributed by atoms with Crippen LogP contribution in [0, 0.1) is 0 Å². The van der Waals surface area contributed by atoms with Crippen molar-refractivity contribution in [3.63, 3.8) is 0 Å². The van der Waals surface area contributed by atoms with E-state index in [-0.39, 0.29) is 41.2 Å². The third kappa shape index (κ3) is 9.21. The SMILES string of the molecule is COc1ccc(OC)c(N(CC(=O)N(Cc2cccc(Br)c2)[C@H](Cc2ccccc2)C(=O)NC2CCCCC2)S(=O)(=O)c2ccccc2)c1. The molecule has 1 N–H and O–H groups in total. The Morgan fingerprint density at radius 2 is 1.51 bits per heavy atom. The highest BCUT2D eigenvalue weighted by Crippen LogP contribution is 2.36. The number of carbonyl (C=O) groups is 2. The molecular formula is C38H42BrN3O6S. The molecule has 0 aromatic heterocycles. The number of methoxy groups -OCH3 is 2. The molecule has 11 heteroatoms. The molecule has 258 valence electrons. The van der Waals surface area contributed by atoms with Crippen LogP contribution in [0.3, 0.4) is 0 Å². The fraction of sp³-hybridized carbons (Fsp3) is 0.316. The molecule has 0 aliphatic heterocycles. The molecule has 4 aromatic rings. The lowest BCUT2D eigenvalue weighted by Crippen LogP contribution is -2.55. The van der Waals surface area contributed by atoms with E-state index in [1.807, 2.05) is 54.6 Å². The number of sulfonamides is 1. The van der Waals surface area contributed by atoms with Crippen LogP contribution in [0.2, 0.25) is 0 Å². The fourth-order valence-corrected chi connectivity index (χ4v) is 8.04. The highest BCUT2D eigenvalue weighted by Gasteiger charge is 2.36. The number of anilines is 1. The summed E-state index contributed by atoms with van der Waals surface area (Å²) in [4.78, 5) is 30.6. The molecule has 1 aliphatic rings. The lowest BCUT2D eigenvalue weighted by atomic mass is 9.94. The van der Waals surface area contributed by atoms with Gasteiger partial charge in [0, 0.05) is 29.5 Å². The second-order valence-electron chi connectivity index (χ2n) is 12.1. The topological polar surface area (TPSA) is 105 Å². The van der Waals surface area contributed by atoms with E-state index in [0.29, 0.717) is 5.75 Å². The minimum absolute atomic E-state index is 0.00194. The van der Waals surface area contributed by atoms with Gasteiger partial charge in [0.05, 0.1) is 24.8 Å². The van der Waals surface area contributed by atoms with Gasteiger partial charge in [-0.2, -0.15) is 0 Å². The number of amides is 2. The van der Waals surface area contributed by atoms with Crippen LogP contribution >= 0.6 is 15.9 Å². The van der Waals surface area contributed by atoms with Gasteiger partial charge >= 0.3 is 0 Å². The number of hydrogen-bond donors (Lipinski definition) is 1. The minimum Gasteiger partial charge on any atom is -0.497 e. The van der Waals surface area contributed by atoms with Gasteiger partial charge in [-0.1, -0.05) is 95.9 Å². The van der Waals surface area contributed by atoms with E-state index in [9.17, 15) is 18.0 Å². The Kier molecular flexibility index (Phi) is 12.4. The first-order valence-corrected chi connectivity index (χ1v) is 18.6.